The van der Waals surface area contributed by atoms with Crippen LogP contribution in [0.3, 0.4) is 0 Å². The van der Waals surface area contributed by atoms with E-state index in [1.54, 1.807) is 0 Å². The van der Waals surface area contributed by atoms with Gasteiger partial charge < -0.3 is 14.5 Å². The molecular weight excluding hydrogens is 407 g/mol. The summed E-state index contributed by atoms with van der Waals surface area (Å²) in [6.07, 6.45) is -3.71. The van der Waals surface area contributed by atoms with E-state index < -0.39 is 18.4 Å². The van der Waals surface area contributed by atoms with Crippen molar-refractivity contribution in [2.75, 3.05) is 38.1 Å². The van der Waals surface area contributed by atoms with Gasteiger partial charge in [0.25, 0.3) is 0 Å². The fourth-order valence-corrected chi connectivity index (χ4v) is 4.35. The maximum atomic E-state index is 12.7. The van der Waals surface area contributed by atoms with E-state index in [4.69, 9.17) is 0 Å². The number of ether oxygens (including phenoxy) is 1. The van der Waals surface area contributed by atoms with Gasteiger partial charge in [0.05, 0.1) is 0 Å². The third-order valence-electron chi connectivity index (χ3n) is 6.85. The minimum Gasteiger partial charge on any atom is -0.437 e. The number of halogens is 3. The van der Waals surface area contributed by atoms with Gasteiger partial charge in [-0.25, -0.2) is 4.79 Å². The number of likely N-dealkylation sites (tertiary alicyclic amines) is 1. The first-order chi connectivity index (χ1) is 14.5. The molecule has 2 heterocycles. The number of anilines is 1. The van der Waals surface area contributed by atoms with Gasteiger partial charge in [0.2, 0.25) is 0 Å². The molecule has 0 saturated carbocycles. The van der Waals surface area contributed by atoms with Crippen LogP contribution in [0.2, 0.25) is 0 Å². The van der Waals surface area contributed by atoms with Gasteiger partial charge in [-0.1, -0.05) is 12.1 Å². The molecule has 3 rings (SSSR count). The second-order valence-corrected chi connectivity index (χ2v) is 9.23. The first-order valence-corrected chi connectivity index (χ1v) is 11.1. The average molecular weight is 442 g/mol. The average Bonchev–Trinajstić information content (AvgIpc) is 3.23. The number of hydrogen-bond donors (Lipinski definition) is 0. The monoisotopic (exact) mass is 441 g/mol. The lowest BCUT2D eigenvalue weighted by Gasteiger charge is -2.45. The van der Waals surface area contributed by atoms with Crippen molar-refractivity contribution in [3.63, 3.8) is 0 Å². The standard InChI is InChI=1S/C23H34F3N3O2/c1-17-7-8-19(20(15-17)28-11-5-6-12-28)16-27(4)22(3)9-13-29(14-10-22)21(30)31-18(2)23(24,25)26/h7-8,15,18H,5-6,9-14,16H2,1-4H3. The molecule has 1 aromatic rings. The molecule has 0 spiro atoms. The van der Waals surface area contributed by atoms with Crippen molar-refractivity contribution in [1.82, 2.24) is 9.80 Å². The smallest absolute Gasteiger partial charge is 0.425 e. The summed E-state index contributed by atoms with van der Waals surface area (Å²) in [6, 6.07) is 6.61. The van der Waals surface area contributed by atoms with E-state index in [-0.39, 0.29) is 5.54 Å². The molecular formula is C23H34F3N3O2. The van der Waals surface area contributed by atoms with Gasteiger partial charge in [-0.05, 0) is 70.7 Å². The van der Waals surface area contributed by atoms with Crippen LogP contribution in [0.25, 0.3) is 0 Å². The van der Waals surface area contributed by atoms with Gasteiger partial charge in [-0.3, -0.25) is 4.90 Å². The second-order valence-electron chi connectivity index (χ2n) is 9.23. The molecule has 0 bridgehead atoms. The molecule has 0 aromatic heterocycles. The van der Waals surface area contributed by atoms with Crippen LogP contribution in [0.1, 0.15) is 50.7 Å². The lowest BCUT2D eigenvalue weighted by Crippen LogP contribution is -2.53. The van der Waals surface area contributed by atoms with E-state index in [1.165, 1.54) is 34.6 Å². The third-order valence-corrected chi connectivity index (χ3v) is 6.85. The Labute approximate surface area is 183 Å². The van der Waals surface area contributed by atoms with E-state index in [0.717, 1.165) is 26.6 Å². The summed E-state index contributed by atoms with van der Waals surface area (Å²) in [5.74, 6) is 0. The van der Waals surface area contributed by atoms with E-state index in [0.29, 0.717) is 25.9 Å². The van der Waals surface area contributed by atoms with Crippen LogP contribution in [0.4, 0.5) is 23.7 Å². The number of benzene rings is 1. The Kier molecular flexibility index (Phi) is 7.08. The summed E-state index contributed by atoms with van der Waals surface area (Å²) in [4.78, 5) is 18.3. The Morgan fingerprint density at radius 3 is 2.39 bits per heavy atom. The number of hydrogen-bond acceptors (Lipinski definition) is 4. The van der Waals surface area contributed by atoms with Crippen LogP contribution in [0.15, 0.2) is 18.2 Å². The zero-order chi connectivity index (χ0) is 22.8. The van der Waals surface area contributed by atoms with E-state index in [1.807, 2.05) is 0 Å². The minimum absolute atomic E-state index is 0.139. The van der Waals surface area contributed by atoms with Crippen LogP contribution < -0.4 is 4.90 Å². The summed E-state index contributed by atoms with van der Waals surface area (Å²) in [5, 5.41) is 0. The first-order valence-electron chi connectivity index (χ1n) is 11.1. The highest BCUT2D eigenvalue weighted by Crippen LogP contribution is 2.33. The molecule has 1 amide bonds. The number of carbonyl (C=O) groups is 1. The topological polar surface area (TPSA) is 36.0 Å². The van der Waals surface area contributed by atoms with Crippen molar-refractivity contribution in [2.24, 2.45) is 0 Å². The number of piperidine rings is 1. The van der Waals surface area contributed by atoms with E-state index >= 15 is 0 Å². The van der Waals surface area contributed by atoms with Crippen LogP contribution in [-0.2, 0) is 11.3 Å². The number of aryl methyl sites for hydroxylation is 1. The molecule has 0 radical (unpaired) electrons. The Bertz CT molecular complexity index is 770. The number of amides is 1. The molecule has 5 nitrogen and oxygen atoms in total. The van der Waals surface area contributed by atoms with Crippen LogP contribution in [0.5, 0.6) is 0 Å². The molecule has 31 heavy (non-hydrogen) atoms. The van der Waals surface area contributed by atoms with Crippen molar-refractivity contribution in [1.29, 1.82) is 0 Å². The maximum absolute atomic E-state index is 12.7. The molecule has 2 fully saturated rings. The largest absolute Gasteiger partial charge is 0.437 e. The highest BCUT2D eigenvalue weighted by molar-refractivity contribution is 5.68. The number of carbonyl (C=O) groups excluding carboxylic acids is 1. The summed E-state index contributed by atoms with van der Waals surface area (Å²) < 4.78 is 42.6. The number of nitrogens with zero attached hydrogens (tertiary/aromatic N) is 3. The number of alkyl halides is 3. The van der Waals surface area contributed by atoms with Gasteiger partial charge in [0, 0.05) is 44.0 Å². The quantitative estimate of drug-likeness (QED) is 0.647. The third kappa shape index (κ3) is 5.64. The molecule has 2 aliphatic heterocycles. The van der Waals surface area contributed by atoms with Crippen LogP contribution in [0, 0.1) is 6.92 Å². The fraction of sp³-hybridized carbons (Fsp3) is 0.696. The lowest BCUT2D eigenvalue weighted by molar-refractivity contribution is -0.200. The van der Waals surface area contributed by atoms with Crippen LogP contribution in [-0.4, -0.2) is 66.9 Å². The molecule has 174 valence electrons. The molecule has 1 atom stereocenters. The molecule has 0 aliphatic carbocycles. The highest BCUT2D eigenvalue weighted by atomic mass is 19.4. The summed E-state index contributed by atoms with van der Waals surface area (Å²) in [6.45, 7) is 8.88. The Morgan fingerprint density at radius 1 is 1.19 bits per heavy atom. The highest BCUT2D eigenvalue weighted by Gasteiger charge is 2.41. The predicted octanol–water partition coefficient (Wildman–Crippen LogP) is 4.97. The molecule has 8 heteroatoms. The van der Waals surface area contributed by atoms with Gasteiger partial charge in [-0.2, -0.15) is 13.2 Å². The lowest BCUT2D eigenvalue weighted by atomic mass is 9.87. The Hall–Kier alpha value is -1.96. The van der Waals surface area contributed by atoms with Crippen molar-refractivity contribution in [3.8, 4) is 0 Å². The van der Waals surface area contributed by atoms with E-state index in [9.17, 15) is 18.0 Å². The molecule has 1 aromatic carbocycles. The molecule has 0 N–H and O–H groups in total. The van der Waals surface area contributed by atoms with Crippen LogP contribution >= 0.6 is 0 Å². The van der Waals surface area contributed by atoms with Gasteiger partial charge >= 0.3 is 12.3 Å². The molecule has 2 saturated heterocycles. The van der Waals surface area contributed by atoms with Crippen molar-refractivity contribution in [2.45, 2.75) is 70.8 Å². The minimum atomic E-state index is -4.54. The van der Waals surface area contributed by atoms with E-state index in [2.05, 4.69) is 53.6 Å². The molecule has 2 aliphatic rings. The zero-order valence-electron chi connectivity index (χ0n) is 19.0. The van der Waals surface area contributed by atoms with Crippen molar-refractivity contribution >= 4 is 11.8 Å². The number of rotatable bonds is 5. The fourth-order valence-electron chi connectivity index (χ4n) is 4.35. The first kappa shape index (κ1) is 23.7. The Morgan fingerprint density at radius 2 is 1.81 bits per heavy atom. The summed E-state index contributed by atoms with van der Waals surface area (Å²) in [5.41, 5.74) is 3.70. The summed E-state index contributed by atoms with van der Waals surface area (Å²) >= 11 is 0. The summed E-state index contributed by atoms with van der Waals surface area (Å²) in [7, 11) is 2.09. The SMILES string of the molecule is Cc1ccc(CN(C)C2(C)CCN(C(=O)OC(C)C(F)(F)F)CC2)c(N2CCCC2)c1. The normalized spacial score (nSPS) is 20.3. The molecule has 1 unspecified atom stereocenters. The predicted molar refractivity (Wildman–Crippen MR) is 115 cm³/mol. The second kappa shape index (κ2) is 9.27. The maximum Gasteiger partial charge on any atom is 0.425 e. The zero-order valence-corrected chi connectivity index (χ0v) is 19.0. The van der Waals surface area contributed by atoms with Gasteiger partial charge in [0.1, 0.15) is 0 Å². The Balaban J connectivity index is 1.61. The van der Waals surface area contributed by atoms with Gasteiger partial charge in [0.15, 0.2) is 6.10 Å². The van der Waals surface area contributed by atoms with Crippen molar-refractivity contribution < 1.29 is 22.7 Å². The van der Waals surface area contributed by atoms with Crippen molar-refractivity contribution in [3.05, 3.63) is 29.3 Å². The van der Waals surface area contributed by atoms with Gasteiger partial charge in [-0.15, -0.1) is 0 Å².